The third-order valence-electron chi connectivity index (χ3n) is 3.67. The number of anilines is 1. The molecule has 0 N–H and O–H groups in total. The minimum Gasteiger partial charge on any atom is -0.462 e. The lowest BCUT2D eigenvalue weighted by molar-refractivity contribution is 0.0532. The lowest BCUT2D eigenvalue weighted by atomic mass is 10.1. The van der Waals surface area contributed by atoms with Crippen molar-refractivity contribution in [2.24, 2.45) is 0 Å². The molecule has 0 amide bonds. The number of hydrogen-bond donors (Lipinski definition) is 0. The van der Waals surface area contributed by atoms with E-state index in [1.165, 1.54) is 42.4 Å². The van der Waals surface area contributed by atoms with Gasteiger partial charge in [0.2, 0.25) is 0 Å². The fraction of sp³-hybridized carbons (Fsp3) is 0.533. The average Bonchev–Trinajstić information content (AvgIpc) is 2.99. The molecule has 22 heavy (non-hydrogen) atoms. The van der Waals surface area contributed by atoms with Gasteiger partial charge in [0.25, 0.3) is 0 Å². The van der Waals surface area contributed by atoms with Crippen molar-refractivity contribution in [3.05, 3.63) is 10.9 Å². The van der Waals surface area contributed by atoms with Crippen LogP contribution in [0.2, 0.25) is 0 Å². The van der Waals surface area contributed by atoms with Crippen LogP contribution in [0.3, 0.4) is 0 Å². The molecular weight excluding hydrogens is 318 g/mol. The molecule has 0 unspecified atom stereocenters. The van der Waals surface area contributed by atoms with Gasteiger partial charge in [-0.3, -0.25) is 0 Å². The van der Waals surface area contributed by atoms with E-state index in [2.05, 4.69) is 9.88 Å². The highest BCUT2D eigenvalue weighted by Gasteiger charge is 2.21. The zero-order valence-electron chi connectivity index (χ0n) is 12.8. The smallest absolute Gasteiger partial charge is 0.348 e. The minimum atomic E-state index is -0.277. The van der Waals surface area contributed by atoms with Crippen LogP contribution in [-0.2, 0) is 4.74 Å². The van der Waals surface area contributed by atoms with E-state index in [1.54, 1.807) is 0 Å². The summed E-state index contributed by atoms with van der Waals surface area (Å²) in [6, 6.07) is 1.88. The summed E-state index contributed by atoms with van der Waals surface area (Å²) in [5.41, 5.74) is 0. The van der Waals surface area contributed by atoms with E-state index in [0.717, 1.165) is 34.3 Å². The second kappa shape index (κ2) is 6.83. The average molecular weight is 337 g/mol. The van der Waals surface area contributed by atoms with Crippen LogP contribution >= 0.6 is 23.1 Å². The summed E-state index contributed by atoms with van der Waals surface area (Å²) in [5.74, 6) is 0.682. The SMILES string of the molecule is CCOC(=O)c1cc2c(N3CCCCC3)nc(SC)nc2s1. The van der Waals surface area contributed by atoms with E-state index < -0.39 is 0 Å². The molecule has 3 rings (SSSR count). The summed E-state index contributed by atoms with van der Waals surface area (Å²) in [4.78, 5) is 25.0. The van der Waals surface area contributed by atoms with Crippen LogP contribution in [0.25, 0.3) is 10.2 Å². The first-order valence-electron chi connectivity index (χ1n) is 7.50. The summed E-state index contributed by atoms with van der Waals surface area (Å²) in [6.07, 6.45) is 5.63. The van der Waals surface area contributed by atoms with Gasteiger partial charge < -0.3 is 9.64 Å². The van der Waals surface area contributed by atoms with Crippen LogP contribution in [0, 0.1) is 0 Å². The Hall–Kier alpha value is -1.34. The van der Waals surface area contributed by atoms with Crippen molar-refractivity contribution in [2.45, 2.75) is 31.3 Å². The Morgan fingerprint density at radius 1 is 1.36 bits per heavy atom. The van der Waals surface area contributed by atoms with Crippen molar-refractivity contribution >= 4 is 45.1 Å². The Balaban J connectivity index is 2.06. The van der Waals surface area contributed by atoms with Gasteiger partial charge in [0.15, 0.2) is 5.16 Å². The summed E-state index contributed by atoms with van der Waals surface area (Å²) < 4.78 is 5.10. The first kappa shape index (κ1) is 15.6. The number of fused-ring (bicyclic) bond motifs is 1. The third kappa shape index (κ3) is 3.05. The molecule has 1 aliphatic heterocycles. The maximum atomic E-state index is 12.0. The Morgan fingerprint density at radius 2 is 2.14 bits per heavy atom. The highest BCUT2D eigenvalue weighted by atomic mass is 32.2. The number of thiophene rings is 1. The van der Waals surface area contributed by atoms with E-state index in [9.17, 15) is 4.79 Å². The molecule has 5 nitrogen and oxygen atoms in total. The van der Waals surface area contributed by atoms with Gasteiger partial charge in [-0.25, -0.2) is 14.8 Å². The quantitative estimate of drug-likeness (QED) is 0.483. The van der Waals surface area contributed by atoms with Crippen molar-refractivity contribution in [3.63, 3.8) is 0 Å². The highest BCUT2D eigenvalue weighted by molar-refractivity contribution is 7.98. The highest BCUT2D eigenvalue weighted by Crippen LogP contribution is 2.34. The fourth-order valence-electron chi connectivity index (χ4n) is 2.63. The second-order valence-electron chi connectivity index (χ2n) is 5.13. The van der Waals surface area contributed by atoms with Crippen molar-refractivity contribution in [1.82, 2.24) is 9.97 Å². The molecule has 118 valence electrons. The van der Waals surface area contributed by atoms with E-state index in [4.69, 9.17) is 9.72 Å². The number of ether oxygens (including phenoxy) is 1. The zero-order valence-corrected chi connectivity index (χ0v) is 14.4. The summed E-state index contributed by atoms with van der Waals surface area (Å²) in [6.45, 7) is 4.23. The van der Waals surface area contributed by atoms with Crippen LogP contribution in [0.4, 0.5) is 5.82 Å². The van der Waals surface area contributed by atoms with Crippen LogP contribution in [0.1, 0.15) is 35.9 Å². The van der Waals surface area contributed by atoms with Gasteiger partial charge >= 0.3 is 5.97 Å². The number of piperidine rings is 1. The number of aromatic nitrogens is 2. The van der Waals surface area contributed by atoms with Crippen molar-refractivity contribution in [1.29, 1.82) is 0 Å². The maximum absolute atomic E-state index is 12.0. The molecular formula is C15H19N3O2S2. The van der Waals surface area contributed by atoms with E-state index in [-0.39, 0.29) is 5.97 Å². The lowest BCUT2D eigenvalue weighted by Crippen LogP contribution is -2.30. The summed E-state index contributed by atoms with van der Waals surface area (Å²) >= 11 is 2.92. The molecule has 0 saturated carbocycles. The van der Waals surface area contributed by atoms with Gasteiger partial charge in [0.1, 0.15) is 15.5 Å². The fourth-order valence-corrected chi connectivity index (χ4v) is 3.97. The van der Waals surface area contributed by atoms with Crippen molar-refractivity contribution in [3.8, 4) is 0 Å². The minimum absolute atomic E-state index is 0.277. The standard InChI is InChI=1S/C15H19N3O2S2/c1-3-20-14(19)11-9-10-12(18-7-5-4-6-8-18)16-15(21-2)17-13(10)22-11/h9H,3-8H2,1-2H3. The van der Waals surface area contributed by atoms with E-state index in [0.29, 0.717) is 11.5 Å². The molecule has 0 atom stereocenters. The van der Waals surface area contributed by atoms with Gasteiger partial charge in [-0.2, -0.15) is 0 Å². The molecule has 0 bridgehead atoms. The molecule has 2 aromatic heterocycles. The molecule has 1 aliphatic rings. The van der Waals surface area contributed by atoms with Gasteiger partial charge in [-0.05, 0) is 38.5 Å². The zero-order chi connectivity index (χ0) is 15.5. The summed E-state index contributed by atoms with van der Waals surface area (Å²) in [7, 11) is 0. The number of hydrogen-bond acceptors (Lipinski definition) is 7. The number of rotatable bonds is 4. The normalized spacial score (nSPS) is 15.3. The Morgan fingerprint density at radius 3 is 2.82 bits per heavy atom. The number of nitrogens with zero attached hydrogens (tertiary/aromatic N) is 3. The lowest BCUT2D eigenvalue weighted by Gasteiger charge is -2.28. The Bertz CT molecular complexity index is 681. The van der Waals surface area contributed by atoms with Gasteiger partial charge in [-0.1, -0.05) is 11.8 Å². The van der Waals surface area contributed by atoms with Crippen molar-refractivity contribution < 1.29 is 9.53 Å². The number of esters is 1. The van der Waals surface area contributed by atoms with Crippen LogP contribution in [0.5, 0.6) is 0 Å². The molecule has 7 heteroatoms. The predicted octanol–water partition coefficient (Wildman–Crippen LogP) is 3.58. The number of carbonyl (C=O) groups is 1. The second-order valence-corrected chi connectivity index (χ2v) is 6.94. The Kier molecular flexibility index (Phi) is 4.83. The largest absolute Gasteiger partial charge is 0.462 e. The Labute approximate surface area is 138 Å². The molecule has 0 aromatic carbocycles. The van der Waals surface area contributed by atoms with E-state index in [1.807, 2.05) is 19.2 Å². The number of thioether (sulfide) groups is 1. The third-order valence-corrected chi connectivity index (χ3v) is 5.22. The topological polar surface area (TPSA) is 55.3 Å². The maximum Gasteiger partial charge on any atom is 0.348 e. The molecule has 2 aromatic rings. The van der Waals surface area contributed by atoms with Crippen molar-refractivity contribution in [2.75, 3.05) is 30.9 Å². The molecule has 1 fully saturated rings. The molecule has 0 radical (unpaired) electrons. The molecule has 0 spiro atoms. The van der Waals surface area contributed by atoms with Crippen LogP contribution in [-0.4, -0.2) is 41.9 Å². The monoisotopic (exact) mass is 337 g/mol. The predicted molar refractivity (Wildman–Crippen MR) is 91.2 cm³/mol. The van der Waals surface area contributed by atoms with Gasteiger partial charge in [-0.15, -0.1) is 11.3 Å². The first-order chi connectivity index (χ1) is 10.7. The molecule has 0 aliphatic carbocycles. The van der Waals surface area contributed by atoms with Gasteiger partial charge in [0.05, 0.1) is 12.0 Å². The summed E-state index contributed by atoms with van der Waals surface area (Å²) in [5, 5.41) is 1.72. The molecule has 3 heterocycles. The first-order valence-corrected chi connectivity index (χ1v) is 9.54. The van der Waals surface area contributed by atoms with Crippen LogP contribution in [0.15, 0.2) is 11.2 Å². The number of carbonyl (C=O) groups excluding carboxylic acids is 1. The van der Waals surface area contributed by atoms with E-state index >= 15 is 0 Å². The van der Waals surface area contributed by atoms with Crippen LogP contribution < -0.4 is 4.90 Å². The van der Waals surface area contributed by atoms with Gasteiger partial charge in [0, 0.05) is 13.1 Å². The molecule has 1 saturated heterocycles.